The number of hydrogen-bond donors (Lipinski definition) is 6. The van der Waals surface area contributed by atoms with Crippen molar-refractivity contribution in [1.82, 2.24) is 16.0 Å². The van der Waals surface area contributed by atoms with Gasteiger partial charge in [-0.25, -0.2) is 0 Å². The monoisotopic (exact) mass is 1260 g/mol. The summed E-state index contributed by atoms with van der Waals surface area (Å²) in [4.78, 5) is 79.3. The maximum absolute atomic E-state index is 13.3. The van der Waals surface area contributed by atoms with Crippen molar-refractivity contribution in [3.8, 4) is 0 Å². The molecule has 0 bridgehead atoms. The molecule has 6 atom stereocenters. The standard InChI is InChI=1S/C28H35NO3.2C26H39NO3/c1-5-6-8-13-22-25(29-17-20-11-9-7-10-12-20)27(31)24(28(32)26(22)30)23-16-19(4)14-15-21(23)18(2)3;1-8-9-10-11-19-22(27-15-26(5,6)7)24(29)21(25(30)23(19)28)20-14-17(4)12-13-18(20)16(2)3;1-7-8-9-10-20-23(27-14-13-16(2)3)25(29)22(26(30)24(20)28)21-15-18(6)11-12-19(21)17(4)5/h7,9-12,16,21,23,29,31H,2,5-6,8,13-15,17H2,1,3-4H3;14,18,20,27,29H,2,8-13,15H2,1,3-7H3;15-16,19,21,27,29H,4,7-14H2,1-3,5-6H3/t21-,23+;18-,20+;19-,21+/m000/s1. The molecule has 0 saturated carbocycles. The molecule has 502 valence electrons. The summed E-state index contributed by atoms with van der Waals surface area (Å²) in [5.41, 5.74) is 10.8. The predicted molar refractivity (Wildman–Crippen MR) is 375 cm³/mol. The number of carbonyl (C=O) groups is 6. The summed E-state index contributed by atoms with van der Waals surface area (Å²) < 4.78 is 0. The van der Waals surface area contributed by atoms with Crippen LogP contribution in [0.2, 0.25) is 0 Å². The number of benzene rings is 1. The number of hydrogen-bond acceptors (Lipinski definition) is 12. The summed E-state index contributed by atoms with van der Waals surface area (Å²) in [6.45, 7) is 43.0. The van der Waals surface area contributed by atoms with Crippen LogP contribution in [-0.4, -0.2) is 63.1 Å². The van der Waals surface area contributed by atoms with E-state index in [-0.39, 0.29) is 74.9 Å². The van der Waals surface area contributed by atoms with Gasteiger partial charge in [-0.2, -0.15) is 0 Å². The van der Waals surface area contributed by atoms with E-state index in [0.29, 0.717) is 78.6 Å². The predicted octanol–water partition coefficient (Wildman–Crippen LogP) is 18.1. The van der Waals surface area contributed by atoms with E-state index in [1.807, 2.05) is 90.1 Å². The van der Waals surface area contributed by atoms with Crippen molar-refractivity contribution in [2.24, 2.45) is 46.8 Å². The first-order valence-electron chi connectivity index (χ1n) is 34.5. The second-order valence-corrected chi connectivity index (χ2v) is 28.6. The second-order valence-electron chi connectivity index (χ2n) is 28.6. The molecule has 0 saturated heterocycles. The molecule has 12 nitrogen and oxygen atoms in total. The molecule has 0 radical (unpaired) electrons. The fraction of sp³-hybridized carbons (Fsp3) is 0.550. The minimum atomic E-state index is -0.568. The lowest BCUT2D eigenvalue weighted by Gasteiger charge is -2.34. The van der Waals surface area contributed by atoms with Gasteiger partial charge in [0.1, 0.15) is 17.3 Å². The quantitative estimate of drug-likeness (QED) is 0.0211. The highest BCUT2D eigenvalue weighted by molar-refractivity contribution is 6.51. The van der Waals surface area contributed by atoms with Gasteiger partial charge in [-0.15, -0.1) is 0 Å². The van der Waals surface area contributed by atoms with Crippen LogP contribution in [0.5, 0.6) is 0 Å². The summed E-state index contributed by atoms with van der Waals surface area (Å²) in [6.07, 6.45) is 22.5. The smallest absolute Gasteiger partial charge is 0.233 e. The first kappa shape index (κ1) is 75.6. The molecule has 7 rings (SSSR count). The molecule has 6 aliphatic rings. The number of Topliss-reactive ketones (excluding diaryl/α,β-unsaturated/α-hetero) is 6. The lowest BCUT2D eigenvalue weighted by Crippen LogP contribution is -2.38. The number of nitrogens with one attached hydrogen (secondary N) is 3. The van der Waals surface area contributed by atoms with Gasteiger partial charge >= 0.3 is 0 Å². The van der Waals surface area contributed by atoms with Crippen LogP contribution in [0.15, 0.2) is 170 Å². The number of ketones is 6. The zero-order valence-corrected chi connectivity index (χ0v) is 58.6. The molecule has 0 spiro atoms. The van der Waals surface area contributed by atoms with E-state index in [2.05, 4.69) is 91.1 Å². The van der Waals surface area contributed by atoms with Crippen molar-refractivity contribution >= 4 is 34.7 Å². The van der Waals surface area contributed by atoms with Gasteiger partial charge in [0.15, 0.2) is 0 Å². The summed E-state index contributed by atoms with van der Waals surface area (Å²) in [7, 11) is 0. The number of aliphatic hydroxyl groups excluding tert-OH is 3. The highest BCUT2D eigenvalue weighted by atomic mass is 16.3. The van der Waals surface area contributed by atoms with Crippen LogP contribution >= 0.6 is 0 Å². The minimum Gasteiger partial charge on any atom is -0.505 e. The molecule has 0 aliphatic heterocycles. The van der Waals surface area contributed by atoms with E-state index in [0.717, 1.165) is 125 Å². The van der Waals surface area contributed by atoms with E-state index in [1.165, 1.54) is 16.7 Å². The van der Waals surface area contributed by atoms with Crippen molar-refractivity contribution < 1.29 is 44.1 Å². The summed E-state index contributed by atoms with van der Waals surface area (Å²) in [5, 5.41) is 43.9. The Labute approximate surface area is 552 Å². The Kier molecular flexibility index (Phi) is 29.0. The van der Waals surface area contributed by atoms with Crippen molar-refractivity contribution in [2.45, 2.75) is 225 Å². The molecule has 6 N–H and O–H groups in total. The molecule has 0 heterocycles. The Morgan fingerprint density at radius 2 is 0.826 bits per heavy atom. The fourth-order valence-corrected chi connectivity index (χ4v) is 13.5. The Morgan fingerprint density at radius 1 is 0.500 bits per heavy atom. The fourth-order valence-electron chi connectivity index (χ4n) is 13.5. The van der Waals surface area contributed by atoms with Gasteiger partial charge < -0.3 is 31.3 Å². The molecule has 0 fully saturated rings. The van der Waals surface area contributed by atoms with Crippen molar-refractivity contribution in [2.75, 3.05) is 13.1 Å². The molecule has 6 aliphatic carbocycles. The van der Waals surface area contributed by atoms with Crippen LogP contribution in [0.1, 0.15) is 224 Å². The lowest BCUT2D eigenvalue weighted by atomic mass is 9.70. The maximum Gasteiger partial charge on any atom is 0.233 e. The van der Waals surface area contributed by atoms with Gasteiger partial charge in [0.05, 0.1) is 33.8 Å². The molecule has 1 aromatic rings. The van der Waals surface area contributed by atoms with Gasteiger partial charge in [0.25, 0.3) is 0 Å². The van der Waals surface area contributed by atoms with Gasteiger partial charge in [-0.3, -0.25) is 28.8 Å². The summed E-state index contributed by atoms with van der Waals surface area (Å²) in [6, 6.07) is 9.85. The third kappa shape index (κ3) is 19.7. The van der Waals surface area contributed by atoms with Crippen LogP contribution in [-0.2, 0) is 35.3 Å². The van der Waals surface area contributed by atoms with Crippen LogP contribution in [0.25, 0.3) is 0 Å². The van der Waals surface area contributed by atoms with Gasteiger partial charge in [-0.05, 0) is 160 Å². The Morgan fingerprint density at radius 3 is 1.13 bits per heavy atom. The van der Waals surface area contributed by atoms with Crippen molar-refractivity contribution in [1.29, 1.82) is 0 Å². The van der Waals surface area contributed by atoms with E-state index in [4.69, 9.17) is 0 Å². The minimum absolute atomic E-state index is 0.0305. The molecule has 1 aromatic carbocycles. The SMILES string of the molecule is C=C(C)[C@@H]1CCC(C)=C[C@H]1C1=C(O)C(NCC(C)(C)C)=C(CCCCC)C(=O)C1=O.C=C(C)[C@@H]1CCC(C)=C[C@H]1C1=C(O)C(NCCC(C)C)=C(CCCCC)C(=O)C1=O.C=C(C)[C@@H]1CCC(C)=C[C@H]1C1=C(O)C(NCc2ccccc2)=C(CCCCC)C(=O)C1=O. The lowest BCUT2D eigenvalue weighted by molar-refractivity contribution is -0.133. The Balaban J connectivity index is 0.000000251. The number of unbranched alkanes of at least 4 members (excludes halogenated alkanes) is 6. The van der Waals surface area contributed by atoms with E-state index < -0.39 is 34.7 Å². The topological polar surface area (TPSA) is 199 Å². The highest BCUT2D eigenvalue weighted by Gasteiger charge is 2.45. The number of carbonyl (C=O) groups excluding carboxylic acids is 6. The Bertz CT molecular complexity index is 3250. The van der Waals surface area contributed by atoms with Gasteiger partial charge in [-0.1, -0.05) is 196 Å². The third-order valence-corrected chi connectivity index (χ3v) is 18.9. The average Bonchev–Trinajstić information content (AvgIpc) is 0.782. The largest absolute Gasteiger partial charge is 0.505 e. The molecule has 0 unspecified atom stereocenters. The molecule has 92 heavy (non-hydrogen) atoms. The van der Waals surface area contributed by atoms with Crippen LogP contribution in [0.4, 0.5) is 0 Å². The summed E-state index contributed by atoms with van der Waals surface area (Å²) >= 11 is 0. The van der Waals surface area contributed by atoms with Crippen LogP contribution < -0.4 is 16.0 Å². The molecular weight excluding hydrogens is 1150 g/mol. The number of rotatable bonds is 27. The van der Waals surface area contributed by atoms with E-state index >= 15 is 0 Å². The maximum atomic E-state index is 13.3. The van der Waals surface area contributed by atoms with Gasteiger partial charge in [0, 0.05) is 54.1 Å². The highest BCUT2D eigenvalue weighted by Crippen LogP contribution is 2.45. The summed E-state index contributed by atoms with van der Waals surface area (Å²) in [5.74, 6) is -3.51. The zero-order valence-electron chi connectivity index (χ0n) is 58.6. The first-order valence-corrected chi connectivity index (χ1v) is 34.5. The van der Waals surface area contributed by atoms with E-state index in [9.17, 15) is 44.1 Å². The Hall–Kier alpha value is -7.08. The van der Waals surface area contributed by atoms with Crippen molar-refractivity contribution in [3.05, 3.63) is 175 Å². The molecular formula is C80H113N3O9. The zero-order chi connectivity index (χ0) is 68.3. The molecule has 0 aromatic heterocycles. The third-order valence-electron chi connectivity index (χ3n) is 18.9. The molecule has 12 heteroatoms. The number of aliphatic hydroxyl groups is 3. The number of allylic oxidation sites excluding steroid dienone is 15. The molecule has 0 amide bonds. The first-order chi connectivity index (χ1) is 43.5. The second kappa shape index (κ2) is 35.3. The normalized spacial score (nSPS) is 22.4. The van der Waals surface area contributed by atoms with Crippen LogP contribution in [0, 0.1) is 46.8 Å². The average molecular weight is 1260 g/mol. The van der Waals surface area contributed by atoms with Gasteiger partial charge in [0.2, 0.25) is 34.7 Å². The van der Waals surface area contributed by atoms with E-state index in [1.54, 1.807) is 0 Å². The van der Waals surface area contributed by atoms with Crippen molar-refractivity contribution in [3.63, 3.8) is 0 Å². The van der Waals surface area contributed by atoms with Crippen LogP contribution in [0.3, 0.4) is 0 Å².